The minimum Gasteiger partial charge on any atom is -0.402 e. The average molecular weight is 310 g/mol. The molecule has 0 spiro atoms. The highest BCUT2D eigenvalue weighted by Gasteiger charge is 2.09. The number of hydrogen-bond acceptors (Lipinski definition) is 6. The van der Waals surface area contributed by atoms with Crippen molar-refractivity contribution in [2.75, 3.05) is 0 Å². The first kappa shape index (κ1) is 14.5. The molecule has 0 atom stereocenters. The van der Waals surface area contributed by atoms with Crippen molar-refractivity contribution in [2.45, 2.75) is 0 Å². The molecule has 0 amide bonds. The zero-order valence-corrected chi connectivity index (χ0v) is 12.2. The molecular formula is C12H11BO3S3. The fraction of sp³-hybridized carbons (Fsp3) is 0. The van der Waals surface area contributed by atoms with Gasteiger partial charge in [-0.15, -0.1) is 34.0 Å². The van der Waals surface area contributed by atoms with Gasteiger partial charge in [0.25, 0.3) is 0 Å². The molecule has 3 nitrogen and oxygen atoms in total. The summed E-state index contributed by atoms with van der Waals surface area (Å²) in [5.74, 6) is 0. The average Bonchev–Trinajstić information content (AvgIpc) is 3.11. The minimum atomic E-state index is -2.17. The molecule has 0 unspecified atom stereocenters. The lowest BCUT2D eigenvalue weighted by atomic mass is 10.2. The van der Waals surface area contributed by atoms with Crippen LogP contribution >= 0.6 is 34.0 Å². The summed E-state index contributed by atoms with van der Waals surface area (Å²) < 4.78 is 0. The Bertz CT molecular complexity index is 536. The molecule has 0 aliphatic rings. The molecule has 19 heavy (non-hydrogen) atoms. The molecule has 0 aliphatic carbocycles. The van der Waals surface area contributed by atoms with Crippen molar-refractivity contribution in [1.82, 2.24) is 0 Å². The van der Waals surface area contributed by atoms with Crippen LogP contribution in [0.25, 0.3) is 20.2 Å². The third-order valence-corrected chi connectivity index (χ3v) is 5.06. The highest BCUT2D eigenvalue weighted by molar-refractivity contribution is 7.21. The van der Waals surface area contributed by atoms with E-state index in [9.17, 15) is 0 Å². The molecule has 0 bridgehead atoms. The molecule has 0 saturated carbocycles. The summed E-state index contributed by atoms with van der Waals surface area (Å²) in [5.41, 5.74) is 1.37. The van der Waals surface area contributed by atoms with E-state index in [1.54, 1.807) is 11.3 Å². The van der Waals surface area contributed by atoms with Gasteiger partial charge in [-0.25, -0.2) is 0 Å². The SMILES string of the molecule is OB(O)O.c1csc(-c2ccsc2-c2cccs2)c1. The quantitative estimate of drug-likeness (QED) is 0.637. The summed E-state index contributed by atoms with van der Waals surface area (Å²) in [4.78, 5) is 4.13. The molecule has 0 radical (unpaired) electrons. The van der Waals surface area contributed by atoms with Crippen LogP contribution in [0.5, 0.6) is 0 Å². The number of rotatable bonds is 2. The van der Waals surface area contributed by atoms with E-state index in [0.717, 1.165) is 0 Å². The zero-order chi connectivity index (χ0) is 13.7. The Labute approximate surface area is 123 Å². The Balaban J connectivity index is 0.000000297. The van der Waals surface area contributed by atoms with Crippen LogP contribution in [-0.2, 0) is 0 Å². The van der Waals surface area contributed by atoms with Crippen molar-refractivity contribution < 1.29 is 15.1 Å². The summed E-state index contributed by atoms with van der Waals surface area (Å²) >= 11 is 5.43. The maximum Gasteiger partial charge on any atom is 0.631 e. The normalized spacial score (nSPS) is 9.84. The van der Waals surface area contributed by atoms with Crippen LogP contribution in [-0.4, -0.2) is 22.4 Å². The van der Waals surface area contributed by atoms with E-state index in [1.807, 2.05) is 22.7 Å². The molecule has 0 fully saturated rings. The van der Waals surface area contributed by atoms with E-state index in [2.05, 4.69) is 46.5 Å². The van der Waals surface area contributed by atoms with Gasteiger partial charge in [-0.05, 0) is 34.3 Å². The Morgan fingerprint density at radius 1 is 0.737 bits per heavy atom. The molecule has 3 aromatic rings. The highest BCUT2D eigenvalue weighted by atomic mass is 32.1. The van der Waals surface area contributed by atoms with Crippen LogP contribution in [0.1, 0.15) is 0 Å². The predicted octanol–water partition coefficient (Wildman–Crippen LogP) is 3.15. The molecule has 3 heterocycles. The molecule has 0 aromatic carbocycles. The summed E-state index contributed by atoms with van der Waals surface area (Å²) in [5, 5.41) is 27.9. The van der Waals surface area contributed by atoms with Crippen LogP contribution in [0.2, 0.25) is 0 Å². The summed E-state index contributed by atoms with van der Waals surface area (Å²) in [6, 6.07) is 10.8. The lowest BCUT2D eigenvalue weighted by Gasteiger charge is -1.97. The molecule has 3 rings (SSSR count). The first-order chi connectivity index (χ1) is 9.18. The fourth-order valence-corrected chi connectivity index (χ4v) is 4.15. The number of thiophene rings is 3. The lowest BCUT2D eigenvalue weighted by molar-refractivity contribution is 0.278. The van der Waals surface area contributed by atoms with Crippen molar-refractivity contribution in [3.05, 3.63) is 46.5 Å². The Morgan fingerprint density at radius 2 is 1.32 bits per heavy atom. The standard InChI is InChI=1S/C12H8S3.BH3O3/c1-3-10(13-6-1)9-5-8-15-12(9)11-4-2-7-14-11;2-1(3)4/h1-8H;2-4H. The minimum absolute atomic E-state index is 1.36. The Hall–Kier alpha value is -0.955. The van der Waals surface area contributed by atoms with Crippen LogP contribution in [0.15, 0.2) is 46.5 Å². The van der Waals surface area contributed by atoms with Crippen molar-refractivity contribution in [2.24, 2.45) is 0 Å². The second-order valence-corrected chi connectivity index (χ2v) is 6.28. The smallest absolute Gasteiger partial charge is 0.402 e. The summed E-state index contributed by atoms with van der Waals surface area (Å²) in [6.07, 6.45) is 0. The summed E-state index contributed by atoms with van der Waals surface area (Å²) in [6.45, 7) is 0. The van der Waals surface area contributed by atoms with Crippen LogP contribution < -0.4 is 0 Å². The van der Waals surface area contributed by atoms with Gasteiger partial charge in [-0.3, -0.25) is 0 Å². The lowest BCUT2D eigenvalue weighted by Crippen LogP contribution is -2.07. The second kappa shape index (κ2) is 7.00. The van der Waals surface area contributed by atoms with Gasteiger partial charge >= 0.3 is 7.32 Å². The summed E-state index contributed by atoms with van der Waals surface area (Å²) in [7, 11) is -2.17. The largest absolute Gasteiger partial charge is 0.631 e. The van der Waals surface area contributed by atoms with E-state index >= 15 is 0 Å². The van der Waals surface area contributed by atoms with E-state index in [-0.39, 0.29) is 0 Å². The zero-order valence-electron chi connectivity index (χ0n) is 9.76. The first-order valence-corrected chi connectivity index (χ1v) is 8.02. The van der Waals surface area contributed by atoms with Gasteiger partial charge in [-0.1, -0.05) is 12.1 Å². The molecule has 0 saturated heterocycles. The van der Waals surface area contributed by atoms with Gasteiger partial charge in [0.15, 0.2) is 0 Å². The van der Waals surface area contributed by atoms with Crippen molar-refractivity contribution in [3.8, 4) is 20.2 Å². The van der Waals surface area contributed by atoms with Crippen LogP contribution in [0, 0.1) is 0 Å². The topological polar surface area (TPSA) is 60.7 Å². The van der Waals surface area contributed by atoms with Crippen molar-refractivity contribution in [3.63, 3.8) is 0 Å². The molecule has 7 heteroatoms. The van der Waals surface area contributed by atoms with Gasteiger partial charge in [0, 0.05) is 15.3 Å². The second-order valence-electron chi connectivity index (χ2n) is 3.46. The van der Waals surface area contributed by atoms with Crippen molar-refractivity contribution in [1.29, 1.82) is 0 Å². The van der Waals surface area contributed by atoms with Crippen molar-refractivity contribution >= 4 is 41.3 Å². The van der Waals surface area contributed by atoms with E-state index in [1.165, 1.54) is 20.2 Å². The third-order valence-electron chi connectivity index (χ3n) is 2.20. The van der Waals surface area contributed by atoms with Gasteiger partial charge in [0.1, 0.15) is 0 Å². The maximum absolute atomic E-state index is 7.17. The fourth-order valence-electron chi connectivity index (χ4n) is 1.53. The van der Waals surface area contributed by atoms with Gasteiger partial charge in [0.05, 0.1) is 4.88 Å². The molecule has 0 aliphatic heterocycles. The van der Waals surface area contributed by atoms with E-state index in [0.29, 0.717) is 0 Å². The van der Waals surface area contributed by atoms with Gasteiger partial charge in [0.2, 0.25) is 0 Å². The van der Waals surface area contributed by atoms with E-state index < -0.39 is 7.32 Å². The molecule has 3 N–H and O–H groups in total. The van der Waals surface area contributed by atoms with Crippen LogP contribution in [0.3, 0.4) is 0 Å². The monoisotopic (exact) mass is 310 g/mol. The first-order valence-electron chi connectivity index (χ1n) is 5.38. The maximum atomic E-state index is 7.17. The van der Waals surface area contributed by atoms with Gasteiger partial charge < -0.3 is 15.1 Å². The Morgan fingerprint density at radius 3 is 1.84 bits per heavy atom. The number of hydrogen-bond donors (Lipinski definition) is 3. The predicted molar refractivity (Wildman–Crippen MR) is 83.4 cm³/mol. The van der Waals surface area contributed by atoms with Gasteiger partial charge in [-0.2, -0.15) is 0 Å². The highest BCUT2D eigenvalue weighted by Crippen LogP contribution is 2.40. The van der Waals surface area contributed by atoms with Crippen LogP contribution in [0.4, 0.5) is 0 Å². The molecule has 98 valence electrons. The molecule has 3 aromatic heterocycles. The van der Waals surface area contributed by atoms with E-state index in [4.69, 9.17) is 15.1 Å². The third kappa shape index (κ3) is 4.00. The molecular weight excluding hydrogens is 299 g/mol. The Kier molecular flexibility index (Phi) is 5.32.